The first kappa shape index (κ1) is 10.4. The van der Waals surface area contributed by atoms with Crippen LogP contribution >= 0.6 is 0 Å². The predicted molar refractivity (Wildman–Crippen MR) is 58.9 cm³/mol. The van der Waals surface area contributed by atoms with Gasteiger partial charge in [-0.1, -0.05) is 5.16 Å². The molecule has 1 saturated heterocycles. The Balaban J connectivity index is 1.89. The van der Waals surface area contributed by atoms with Crippen LogP contribution in [0.2, 0.25) is 0 Å². The molecule has 1 fully saturated rings. The van der Waals surface area contributed by atoms with Crippen LogP contribution in [0.15, 0.2) is 10.9 Å². The minimum Gasteiger partial charge on any atom is -0.337 e. The van der Waals surface area contributed by atoms with Gasteiger partial charge in [-0.3, -0.25) is 5.10 Å². The summed E-state index contributed by atoms with van der Waals surface area (Å²) < 4.78 is 5.32. The van der Waals surface area contributed by atoms with Crippen LogP contribution in [0.3, 0.4) is 0 Å². The highest BCUT2D eigenvalue weighted by Crippen LogP contribution is 2.29. The number of piperidine rings is 1. The van der Waals surface area contributed by atoms with Crippen molar-refractivity contribution in [1.82, 2.24) is 30.6 Å². The summed E-state index contributed by atoms with van der Waals surface area (Å²) in [7, 11) is 0. The van der Waals surface area contributed by atoms with Gasteiger partial charge < -0.3 is 9.84 Å². The molecular formula is C10H14N6O. The van der Waals surface area contributed by atoms with Crippen LogP contribution in [-0.4, -0.2) is 31.9 Å². The third kappa shape index (κ3) is 1.82. The van der Waals surface area contributed by atoms with E-state index in [9.17, 15) is 0 Å². The molecule has 3 rings (SSSR count). The highest BCUT2D eigenvalue weighted by atomic mass is 16.5. The molecule has 2 aromatic heterocycles. The summed E-state index contributed by atoms with van der Waals surface area (Å²) >= 11 is 0. The quantitative estimate of drug-likeness (QED) is 0.800. The Morgan fingerprint density at radius 2 is 2.35 bits per heavy atom. The van der Waals surface area contributed by atoms with E-state index in [0.29, 0.717) is 17.5 Å². The van der Waals surface area contributed by atoms with Crippen molar-refractivity contribution >= 4 is 0 Å². The fourth-order valence-electron chi connectivity index (χ4n) is 2.10. The summed E-state index contributed by atoms with van der Waals surface area (Å²) in [5, 5.41) is 13.8. The number of nitrogens with one attached hydrogen (secondary N) is 2. The van der Waals surface area contributed by atoms with Crippen molar-refractivity contribution in [1.29, 1.82) is 0 Å². The average molecular weight is 234 g/mol. The highest BCUT2D eigenvalue weighted by Gasteiger charge is 2.34. The van der Waals surface area contributed by atoms with Crippen molar-refractivity contribution in [2.75, 3.05) is 6.54 Å². The molecule has 17 heavy (non-hydrogen) atoms. The molecule has 7 nitrogen and oxygen atoms in total. The van der Waals surface area contributed by atoms with E-state index in [1.165, 1.54) is 19.2 Å². The Kier molecular flexibility index (Phi) is 2.40. The number of rotatable bonds is 2. The number of aromatic nitrogens is 5. The molecular weight excluding hydrogens is 220 g/mol. The van der Waals surface area contributed by atoms with Crippen molar-refractivity contribution in [3.05, 3.63) is 12.2 Å². The van der Waals surface area contributed by atoms with E-state index >= 15 is 0 Å². The standard InChI is InChI=1S/C10H14N6O/c1-10(4-2-3-5-12-10)9-14-8(16-17-9)7-11-6-13-15-7/h6,12H,2-5H2,1H3,(H,11,13,15). The van der Waals surface area contributed by atoms with Gasteiger partial charge in [-0.05, 0) is 32.7 Å². The van der Waals surface area contributed by atoms with E-state index in [1.807, 2.05) is 0 Å². The van der Waals surface area contributed by atoms with Crippen LogP contribution in [0.25, 0.3) is 11.6 Å². The Bertz CT molecular complexity index is 485. The van der Waals surface area contributed by atoms with E-state index in [2.05, 4.69) is 37.6 Å². The van der Waals surface area contributed by atoms with E-state index in [4.69, 9.17) is 4.52 Å². The van der Waals surface area contributed by atoms with Crippen LogP contribution in [0.1, 0.15) is 32.1 Å². The summed E-state index contributed by atoms with van der Waals surface area (Å²) in [6.45, 7) is 3.07. The van der Waals surface area contributed by atoms with E-state index in [0.717, 1.165) is 13.0 Å². The molecule has 3 heterocycles. The third-order valence-corrected chi connectivity index (χ3v) is 3.14. The summed E-state index contributed by atoms with van der Waals surface area (Å²) in [5.41, 5.74) is -0.219. The zero-order valence-corrected chi connectivity index (χ0v) is 9.60. The van der Waals surface area contributed by atoms with Gasteiger partial charge in [-0.15, -0.1) is 0 Å². The van der Waals surface area contributed by atoms with Gasteiger partial charge in [0.15, 0.2) is 5.82 Å². The lowest BCUT2D eigenvalue weighted by atomic mass is 9.91. The molecule has 1 unspecified atom stereocenters. The number of aromatic amines is 1. The number of H-pyrrole nitrogens is 1. The molecule has 1 aliphatic rings. The molecule has 0 aliphatic carbocycles. The van der Waals surface area contributed by atoms with E-state index < -0.39 is 0 Å². The molecule has 0 spiro atoms. The van der Waals surface area contributed by atoms with Crippen LogP contribution in [0.5, 0.6) is 0 Å². The largest absolute Gasteiger partial charge is 0.337 e. The van der Waals surface area contributed by atoms with Gasteiger partial charge in [0, 0.05) is 0 Å². The van der Waals surface area contributed by atoms with Gasteiger partial charge >= 0.3 is 0 Å². The molecule has 1 atom stereocenters. The average Bonchev–Trinajstić information content (AvgIpc) is 3.01. The molecule has 1 aliphatic heterocycles. The number of hydrogen-bond acceptors (Lipinski definition) is 6. The maximum Gasteiger partial charge on any atom is 0.247 e. The van der Waals surface area contributed by atoms with Crippen molar-refractivity contribution < 1.29 is 4.52 Å². The highest BCUT2D eigenvalue weighted by molar-refractivity contribution is 5.40. The topological polar surface area (TPSA) is 92.5 Å². The SMILES string of the molecule is CC1(c2nc(-c3ncn[nH]3)no2)CCCCN1. The monoisotopic (exact) mass is 234 g/mol. The second kappa shape index (κ2) is 3.92. The Morgan fingerprint density at radius 3 is 3.06 bits per heavy atom. The second-order valence-corrected chi connectivity index (χ2v) is 4.47. The molecule has 0 amide bonds. The number of hydrogen-bond donors (Lipinski definition) is 2. The van der Waals surface area contributed by atoms with Gasteiger partial charge in [-0.2, -0.15) is 10.1 Å². The van der Waals surface area contributed by atoms with Crippen LogP contribution < -0.4 is 5.32 Å². The Hall–Kier alpha value is -1.76. The first-order valence-corrected chi connectivity index (χ1v) is 5.73. The minimum atomic E-state index is -0.219. The van der Waals surface area contributed by atoms with E-state index in [-0.39, 0.29) is 5.54 Å². The fraction of sp³-hybridized carbons (Fsp3) is 0.600. The van der Waals surface area contributed by atoms with Crippen molar-refractivity contribution in [2.45, 2.75) is 31.7 Å². The van der Waals surface area contributed by atoms with Crippen molar-refractivity contribution in [2.24, 2.45) is 0 Å². The van der Waals surface area contributed by atoms with Gasteiger partial charge in [-0.25, -0.2) is 4.98 Å². The second-order valence-electron chi connectivity index (χ2n) is 4.47. The predicted octanol–water partition coefficient (Wildman–Crippen LogP) is 0.843. The lowest BCUT2D eigenvalue weighted by Crippen LogP contribution is -2.43. The number of nitrogens with zero attached hydrogens (tertiary/aromatic N) is 4. The summed E-state index contributed by atoms with van der Waals surface area (Å²) in [4.78, 5) is 8.37. The first-order valence-electron chi connectivity index (χ1n) is 5.73. The van der Waals surface area contributed by atoms with Gasteiger partial charge in [0.05, 0.1) is 5.54 Å². The summed E-state index contributed by atoms with van der Waals surface area (Å²) in [5.74, 6) is 1.59. The maximum absolute atomic E-state index is 5.32. The van der Waals surface area contributed by atoms with Crippen LogP contribution in [0, 0.1) is 0 Å². The lowest BCUT2D eigenvalue weighted by Gasteiger charge is -2.31. The van der Waals surface area contributed by atoms with Crippen molar-refractivity contribution in [3.8, 4) is 11.6 Å². The van der Waals surface area contributed by atoms with Crippen LogP contribution in [-0.2, 0) is 5.54 Å². The van der Waals surface area contributed by atoms with Crippen molar-refractivity contribution in [3.63, 3.8) is 0 Å². The maximum atomic E-state index is 5.32. The summed E-state index contributed by atoms with van der Waals surface area (Å²) in [6, 6.07) is 0. The smallest absolute Gasteiger partial charge is 0.247 e. The molecule has 2 N–H and O–H groups in total. The first-order chi connectivity index (χ1) is 8.28. The normalized spacial score (nSPS) is 25.0. The van der Waals surface area contributed by atoms with Gasteiger partial charge in [0.1, 0.15) is 6.33 Å². The molecule has 0 bridgehead atoms. The fourth-order valence-corrected chi connectivity index (χ4v) is 2.10. The molecule has 0 saturated carbocycles. The summed E-state index contributed by atoms with van der Waals surface area (Å²) in [6.07, 6.45) is 4.79. The molecule has 90 valence electrons. The molecule has 2 aromatic rings. The van der Waals surface area contributed by atoms with E-state index in [1.54, 1.807) is 0 Å². The molecule has 0 radical (unpaired) electrons. The zero-order valence-electron chi connectivity index (χ0n) is 9.60. The molecule has 7 heteroatoms. The third-order valence-electron chi connectivity index (χ3n) is 3.14. The minimum absolute atomic E-state index is 0.219. The van der Waals surface area contributed by atoms with Gasteiger partial charge in [0.25, 0.3) is 0 Å². The lowest BCUT2D eigenvalue weighted by molar-refractivity contribution is 0.207. The zero-order chi connectivity index (χ0) is 11.7. The molecule has 0 aromatic carbocycles. The van der Waals surface area contributed by atoms with Crippen LogP contribution in [0.4, 0.5) is 0 Å². The Morgan fingerprint density at radius 1 is 1.41 bits per heavy atom. The Labute approximate surface area is 98.0 Å². The van der Waals surface area contributed by atoms with Gasteiger partial charge in [0.2, 0.25) is 11.7 Å².